The number of aromatic nitrogens is 2. The molecule has 1 aromatic heterocycles. The SMILES string of the molecule is CCCc1nc2ccc(Br)cc2c(=O)n1N=Cc1ccc(OCC(=O)N2CCOCC2)c([N+](=O)[O-])c1. The number of halogens is 1. The molecule has 0 atom stereocenters. The molecule has 1 aliphatic rings. The lowest BCUT2D eigenvalue weighted by Gasteiger charge is -2.26. The van der Waals surface area contributed by atoms with Gasteiger partial charge in [-0.2, -0.15) is 9.78 Å². The Morgan fingerprint density at radius 2 is 2.06 bits per heavy atom. The summed E-state index contributed by atoms with van der Waals surface area (Å²) < 4.78 is 12.7. The van der Waals surface area contributed by atoms with Crippen LogP contribution < -0.4 is 10.3 Å². The molecule has 0 spiro atoms. The molecule has 0 radical (unpaired) electrons. The molecule has 1 amide bonds. The maximum Gasteiger partial charge on any atom is 0.311 e. The van der Waals surface area contributed by atoms with E-state index in [0.29, 0.717) is 55.0 Å². The Morgan fingerprint density at radius 3 is 2.78 bits per heavy atom. The van der Waals surface area contributed by atoms with Crippen molar-refractivity contribution in [1.29, 1.82) is 0 Å². The normalized spacial score (nSPS) is 13.9. The van der Waals surface area contributed by atoms with E-state index < -0.39 is 4.92 Å². The second-order valence-corrected chi connectivity index (χ2v) is 8.98. The van der Waals surface area contributed by atoms with Gasteiger partial charge in [-0.1, -0.05) is 22.9 Å². The molecule has 11 nitrogen and oxygen atoms in total. The standard InChI is InChI=1S/C24H24BrN5O6/c1-2-3-22-27-19-6-5-17(25)13-18(19)24(32)29(22)26-14-16-4-7-21(20(12-16)30(33)34)36-15-23(31)28-8-10-35-11-9-28/h4-7,12-14H,2-3,8-11,15H2,1H3. The number of benzene rings is 2. The van der Waals surface area contributed by atoms with Gasteiger partial charge in [-0.15, -0.1) is 0 Å². The van der Waals surface area contributed by atoms with Gasteiger partial charge < -0.3 is 14.4 Å². The Hall–Kier alpha value is -3.64. The molecule has 0 unspecified atom stereocenters. The quantitative estimate of drug-likeness (QED) is 0.236. The molecule has 36 heavy (non-hydrogen) atoms. The average Bonchev–Trinajstić information content (AvgIpc) is 2.88. The summed E-state index contributed by atoms with van der Waals surface area (Å²) in [6.45, 7) is 3.47. The summed E-state index contributed by atoms with van der Waals surface area (Å²) in [4.78, 5) is 42.7. The summed E-state index contributed by atoms with van der Waals surface area (Å²) in [5.74, 6) is 0.195. The van der Waals surface area contributed by atoms with Gasteiger partial charge >= 0.3 is 5.69 Å². The van der Waals surface area contributed by atoms with E-state index in [-0.39, 0.29) is 29.5 Å². The highest BCUT2D eigenvalue weighted by Gasteiger charge is 2.21. The van der Waals surface area contributed by atoms with Gasteiger partial charge in [0.15, 0.2) is 12.4 Å². The van der Waals surface area contributed by atoms with Crippen LogP contribution in [0.4, 0.5) is 5.69 Å². The molecule has 1 fully saturated rings. The number of nitrogens with zero attached hydrogens (tertiary/aromatic N) is 5. The summed E-state index contributed by atoms with van der Waals surface area (Å²) in [5, 5.41) is 16.4. The summed E-state index contributed by atoms with van der Waals surface area (Å²) in [6.07, 6.45) is 2.65. The third-order valence-electron chi connectivity index (χ3n) is 5.57. The van der Waals surface area contributed by atoms with E-state index in [0.717, 1.165) is 10.9 Å². The molecule has 4 rings (SSSR count). The number of carbonyl (C=O) groups excluding carboxylic acids is 1. The van der Waals surface area contributed by atoms with Gasteiger partial charge in [0.05, 0.1) is 35.3 Å². The lowest BCUT2D eigenvalue weighted by atomic mass is 10.2. The first kappa shape index (κ1) is 25.5. The Balaban J connectivity index is 1.60. The first-order chi connectivity index (χ1) is 17.4. The Kier molecular flexibility index (Phi) is 8.06. The number of nitro benzene ring substituents is 1. The number of fused-ring (bicyclic) bond motifs is 1. The lowest BCUT2D eigenvalue weighted by Crippen LogP contribution is -2.43. The molecule has 188 valence electrons. The zero-order chi connectivity index (χ0) is 25.7. The smallest absolute Gasteiger partial charge is 0.311 e. The number of amides is 1. The zero-order valence-electron chi connectivity index (χ0n) is 19.6. The van der Waals surface area contributed by atoms with E-state index >= 15 is 0 Å². The van der Waals surface area contributed by atoms with Crippen LogP contribution in [0.2, 0.25) is 0 Å². The highest BCUT2D eigenvalue weighted by atomic mass is 79.9. The molecule has 2 heterocycles. The average molecular weight is 558 g/mol. The van der Waals surface area contributed by atoms with E-state index in [1.54, 1.807) is 23.1 Å². The molecule has 12 heteroatoms. The zero-order valence-corrected chi connectivity index (χ0v) is 21.1. The largest absolute Gasteiger partial charge is 0.477 e. The minimum Gasteiger partial charge on any atom is -0.477 e. The van der Waals surface area contributed by atoms with Crippen LogP contribution in [0, 0.1) is 10.1 Å². The van der Waals surface area contributed by atoms with Crippen molar-refractivity contribution in [2.75, 3.05) is 32.9 Å². The number of hydrogen-bond donors (Lipinski definition) is 0. The number of aryl methyl sites for hydroxylation is 1. The van der Waals surface area contributed by atoms with Crippen LogP contribution in [0.5, 0.6) is 5.75 Å². The Morgan fingerprint density at radius 1 is 1.28 bits per heavy atom. The van der Waals surface area contributed by atoms with Gasteiger partial charge in [-0.3, -0.25) is 19.7 Å². The molecule has 2 aromatic carbocycles. The van der Waals surface area contributed by atoms with Crippen LogP contribution in [-0.4, -0.2) is 64.5 Å². The second kappa shape index (κ2) is 11.4. The Bertz CT molecular complexity index is 1380. The first-order valence-corrected chi connectivity index (χ1v) is 12.2. The monoisotopic (exact) mass is 557 g/mol. The fraction of sp³-hybridized carbons (Fsp3) is 0.333. The highest BCUT2D eigenvalue weighted by Crippen LogP contribution is 2.27. The van der Waals surface area contributed by atoms with Gasteiger partial charge in [-0.25, -0.2) is 4.98 Å². The predicted octanol–water partition coefficient (Wildman–Crippen LogP) is 3.14. The third kappa shape index (κ3) is 5.77. The molecule has 0 saturated carbocycles. The van der Waals surface area contributed by atoms with Crippen molar-refractivity contribution in [3.8, 4) is 5.75 Å². The van der Waals surface area contributed by atoms with Crippen LogP contribution in [0.1, 0.15) is 24.7 Å². The number of ether oxygens (including phenoxy) is 2. The molecule has 0 bridgehead atoms. The molecule has 0 N–H and O–H groups in total. The topological polar surface area (TPSA) is 129 Å². The van der Waals surface area contributed by atoms with Crippen LogP contribution in [0.15, 0.2) is 50.8 Å². The molecular weight excluding hydrogens is 534 g/mol. The molecule has 1 saturated heterocycles. The maximum atomic E-state index is 13.1. The fourth-order valence-corrected chi connectivity index (χ4v) is 4.11. The minimum absolute atomic E-state index is 0.0279. The summed E-state index contributed by atoms with van der Waals surface area (Å²) in [6, 6.07) is 9.53. The van der Waals surface area contributed by atoms with Crippen molar-refractivity contribution in [2.24, 2.45) is 5.10 Å². The van der Waals surface area contributed by atoms with Gasteiger partial charge in [0.1, 0.15) is 5.82 Å². The van der Waals surface area contributed by atoms with Crippen molar-refractivity contribution in [2.45, 2.75) is 19.8 Å². The van der Waals surface area contributed by atoms with Crippen LogP contribution in [-0.2, 0) is 16.0 Å². The van der Waals surface area contributed by atoms with Gasteiger partial charge in [0.25, 0.3) is 11.5 Å². The van der Waals surface area contributed by atoms with E-state index in [4.69, 9.17) is 9.47 Å². The van der Waals surface area contributed by atoms with E-state index in [9.17, 15) is 19.7 Å². The summed E-state index contributed by atoms with van der Waals surface area (Å²) >= 11 is 3.37. The van der Waals surface area contributed by atoms with Gasteiger partial charge in [0.2, 0.25) is 0 Å². The molecular formula is C24H24BrN5O6. The maximum absolute atomic E-state index is 13.1. The van der Waals surface area contributed by atoms with Crippen LogP contribution in [0.3, 0.4) is 0 Å². The number of morpholine rings is 1. The Labute approximate surface area is 214 Å². The molecule has 0 aliphatic carbocycles. The van der Waals surface area contributed by atoms with Crippen molar-refractivity contribution in [3.05, 3.63) is 72.7 Å². The van der Waals surface area contributed by atoms with Crippen molar-refractivity contribution in [1.82, 2.24) is 14.6 Å². The van der Waals surface area contributed by atoms with Crippen LogP contribution >= 0.6 is 15.9 Å². The number of hydrogen-bond acceptors (Lipinski definition) is 8. The van der Waals surface area contributed by atoms with E-state index in [1.165, 1.54) is 23.0 Å². The van der Waals surface area contributed by atoms with Crippen molar-refractivity contribution in [3.63, 3.8) is 0 Å². The lowest BCUT2D eigenvalue weighted by molar-refractivity contribution is -0.385. The number of carbonyl (C=O) groups is 1. The number of rotatable bonds is 8. The fourth-order valence-electron chi connectivity index (χ4n) is 3.75. The third-order valence-corrected chi connectivity index (χ3v) is 6.06. The second-order valence-electron chi connectivity index (χ2n) is 8.07. The van der Waals surface area contributed by atoms with Crippen molar-refractivity contribution >= 4 is 44.6 Å². The number of nitro groups is 1. The molecule has 1 aliphatic heterocycles. The highest BCUT2D eigenvalue weighted by molar-refractivity contribution is 9.10. The first-order valence-electron chi connectivity index (χ1n) is 11.4. The van der Waals surface area contributed by atoms with Crippen LogP contribution in [0.25, 0.3) is 10.9 Å². The van der Waals surface area contributed by atoms with E-state index in [1.807, 2.05) is 13.0 Å². The van der Waals surface area contributed by atoms with Gasteiger partial charge in [-0.05, 0) is 36.8 Å². The molecule has 3 aromatic rings. The summed E-state index contributed by atoms with van der Waals surface area (Å²) in [7, 11) is 0. The van der Waals surface area contributed by atoms with Crippen molar-refractivity contribution < 1.29 is 19.2 Å². The predicted molar refractivity (Wildman–Crippen MR) is 137 cm³/mol. The van der Waals surface area contributed by atoms with Gasteiger partial charge in [0, 0.05) is 35.6 Å². The minimum atomic E-state index is -0.588. The summed E-state index contributed by atoms with van der Waals surface area (Å²) in [5.41, 5.74) is 0.312. The van der Waals surface area contributed by atoms with E-state index in [2.05, 4.69) is 26.0 Å².